The monoisotopic (exact) mass is 348 g/mol. The summed E-state index contributed by atoms with van der Waals surface area (Å²) in [5.41, 5.74) is 3.21. The second-order valence-corrected chi connectivity index (χ2v) is 7.52. The summed E-state index contributed by atoms with van der Waals surface area (Å²) in [5.74, 6) is 0.0604. The number of rotatable bonds is 8. The van der Waals surface area contributed by atoms with Gasteiger partial charge in [0, 0.05) is 13.2 Å². The maximum Gasteiger partial charge on any atom is 0.426 e. The normalized spacial score (nSPS) is 12.1. The number of hydrazine groups is 1. The van der Waals surface area contributed by atoms with Crippen LogP contribution in [0, 0.1) is 5.92 Å². The van der Waals surface area contributed by atoms with Crippen molar-refractivity contribution >= 4 is 12.2 Å². The van der Waals surface area contributed by atoms with Crippen LogP contribution in [-0.4, -0.2) is 48.3 Å². The lowest BCUT2D eigenvalue weighted by molar-refractivity contribution is -0.0282. The molecule has 0 aromatic rings. The quantitative estimate of drug-likeness (QED) is 0.582. The molecular weight excluding hydrogens is 316 g/mol. The zero-order chi connectivity index (χ0) is 18.8. The molecule has 8 nitrogen and oxygen atoms in total. The van der Waals surface area contributed by atoms with E-state index in [1.54, 1.807) is 5.43 Å². The highest BCUT2D eigenvalue weighted by Gasteiger charge is 2.17. The van der Waals surface area contributed by atoms with Crippen LogP contribution >= 0.6 is 0 Å². The number of carboxylic acid groups (broad SMARTS) is 1. The van der Waals surface area contributed by atoms with Gasteiger partial charge < -0.3 is 19.3 Å². The Kier molecular flexibility index (Phi) is 9.69. The van der Waals surface area contributed by atoms with Crippen LogP contribution in [0.1, 0.15) is 54.4 Å². The van der Waals surface area contributed by atoms with Gasteiger partial charge in [-0.05, 0) is 60.3 Å². The zero-order valence-corrected chi connectivity index (χ0v) is 15.6. The SMILES string of the molecule is CC(C)(C)OCCC(CCOC(C)(C)C)COC(=O)NNC(=O)O. The zero-order valence-electron chi connectivity index (χ0n) is 15.6. The fraction of sp³-hybridized carbons (Fsp3) is 0.875. The highest BCUT2D eigenvalue weighted by Crippen LogP contribution is 2.16. The molecule has 0 fully saturated rings. The number of amides is 2. The number of carbonyl (C=O) groups is 2. The predicted octanol–water partition coefficient (Wildman–Crippen LogP) is 2.92. The average Bonchev–Trinajstić information content (AvgIpc) is 2.39. The van der Waals surface area contributed by atoms with Crippen LogP contribution < -0.4 is 10.9 Å². The lowest BCUT2D eigenvalue weighted by Crippen LogP contribution is -2.41. The minimum atomic E-state index is -1.36. The van der Waals surface area contributed by atoms with E-state index in [2.05, 4.69) is 0 Å². The molecule has 8 heteroatoms. The van der Waals surface area contributed by atoms with Crippen molar-refractivity contribution in [1.29, 1.82) is 0 Å². The van der Waals surface area contributed by atoms with E-state index >= 15 is 0 Å². The number of ether oxygens (including phenoxy) is 3. The van der Waals surface area contributed by atoms with Gasteiger partial charge in [-0.3, -0.25) is 0 Å². The van der Waals surface area contributed by atoms with Crippen molar-refractivity contribution in [2.24, 2.45) is 5.92 Å². The van der Waals surface area contributed by atoms with Crippen molar-refractivity contribution in [2.75, 3.05) is 19.8 Å². The molecule has 0 aliphatic rings. The fourth-order valence-electron chi connectivity index (χ4n) is 1.71. The summed E-state index contributed by atoms with van der Waals surface area (Å²) in [6.45, 7) is 13.1. The summed E-state index contributed by atoms with van der Waals surface area (Å²) < 4.78 is 16.4. The molecule has 0 aromatic heterocycles. The smallest absolute Gasteiger partial charge is 0.426 e. The minimum absolute atomic E-state index is 0.0604. The van der Waals surface area contributed by atoms with Gasteiger partial charge >= 0.3 is 12.2 Å². The molecule has 0 aliphatic heterocycles. The predicted molar refractivity (Wildman–Crippen MR) is 89.8 cm³/mol. The standard InChI is InChI=1S/C16H32N2O6/c1-15(2,3)23-9-7-12(8-10-24-16(4,5)6)11-22-14(21)18-17-13(19)20/h12,17H,7-11H2,1-6H3,(H,18,21)(H,19,20). The van der Waals surface area contributed by atoms with Crippen molar-refractivity contribution in [3.63, 3.8) is 0 Å². The Hall–Kier alpha value is -1.54. The van der Waals surface area contributed by atoms with Crippen LogP contribution in [0.4, 0.5) is 9.59 Å². The van der Waals surface area contributed by atoms with Crippen molar-refractivity contribution in [3.8, 4) is 0 Å². The molecule has 3 N–H and O–H groups in total. The van der Waals surface area contributed by atoms with Crippen LogP contribution in [-0.2, 0) is 14.2 Å². The van der Waals surface area contributed by atoms with Crippen LogP contribution in [0.3, 0.4) is 0 Å². The lowest BCUT2D eigenvalue weighted by Gasteiger charge is -2.24. The van der Waals surface area contributed by atoms with Gasteiger partial charge in [0.25, 0.3) is 0 Å². The average molecular weight is 348 g/mol. The van der Waals surface area contributed by atoms with Crippen LogP contribution in [0.2, 0.25) is 0 Å². The number of hydrogen-bond acceptors (Lipinski definition) is 5. The molecule has 0 aromatic carbocycles. The molecule has 0 saturated carbocycles. The van der Waals surface area contributed by atoms with Gasteiger partial charge in [-0.25, -0.2) is 20.4 Å². The van der Waals surface area contributed by atoms with Gasteiger partial charge in [0.05, 0.1) is 17.8 Å². The van der Waals surface area contributed by atoms with Crippen LogP contribution in [0.25, 0.3) is 0 Å². The van der Waals surface area contributed by atoms with Gasteiger partial charge in [-0.2, -0.15) is 0 Å². The first-order chi connectivity index (χ1) is 10.9. The first-order valence-electron chi connectivity index (χ1n) is 8.08. The van der Waals surface area contributed by atoms with E-state index < -0.39 is 12.2 Å². The van der Waals surface area contributed by atoms with E-state index in [9.17, 15) is 9.59 Å². The van der Waals surface area contributed by atoms with Crippen molar-refractivity contribution < 1.29 is 28.9 Å². The molecule has 2 amide bonds. The summed E-state index contributed by atoms with van der Waals surface area (Å²) >= 11 is 0. The van der Waals surface area contributed by atoms with E-state index in [1.165, 1.54) is 0 Å². The summed E-state index contributed by atoms with van der Waals surface area (Å²) in [6.07, 6.45) is -0.772. The molecule has 0 unspecified atom stereocenters. The highest BCUT2D eigenvalue weighted by atomic mass is 16.6. The van der Waals surface area contributed by atoms with Crippen molar-refractivity contribution in [1.82, 2.24) is 10.9 Å². The van der Waals surface area contributed by atoms with Gasteiger partial charge in [0.1, 0.15) is 0 Å². The molecule has 0 spiro atoms. The Balaban J connectivity index is 4.29. The number of hydrogen-bond donors (Lipinski definition) is 3. The molecule has 0 radical (unpaired) electrons. The molecular formula is C16H32N2O6. The van der Waals surface area contributed by atoms with Crippen molar-refractivity contribution in [3.05, 3.63) is 0 Å². The largest absolute Gasteiger partial charge is 0.464 e. The van der Waals surface area contributed by atoms with Gasteiger partial charge in [0.2, 0.25) is 0 Å². The maximum absolute atomic E-state index is 11.4. The van der Waals surface area contributed by atoms with E-state index in [-0.39, 0.29) is 23.7 Å². The Morgan fingerprint density at radius 1 is 0.917 bits per heavy atom. The molecule has 0 heterocycles. The molecule has 0 rings (SSSR count). The van der Waals surface area contributed by atoms with Crippen LogP contribution in [0.5, 0.6) is 0 Å². The third-order valence-corrected chi connectivity index (χ3v) is 2.84. The number of nitrogens with one attached hydrogen (secondary N) is 2. The first kappa shape index (κ1) is 22.5. The molecule has 142 valence electrons. The third kappa shape index (κ3) is 15.4. The summed E-state index contributed by atoms with van der Waals surface area (Å²) in [7, 11) is 0. The minimum Gasteiger partial charge on any atom is -0.464 e. The van der Waals surface area contributed by atoms with Crippen molar-refractivity contribution in [2.45, 2.75) is 65.6 Å². The van der Waals surface area contributed by atoms with Gasteiger partial charge in [-0.1, -0.05) is 0 Å². The van der Waals surface area contributed by atoms with E-state index in [1.807, 2.05) is 47.0 Å². The highest BCUT2D eigenvalue weighted by molar-refractivity contribution is 5.72. The maximum atomic E-state index is 11.4. The Labute approximate surface area is 144 Å². The van der Waals surface area contributed by atoms with Gasteiger partial charge in [0.15, 0.2) is 0 Å². The van der Waals surface area contributed by atoms with Crippen LogP contribution in [0.15, 0.2) is 0 Å². The molecule has 0 atom stereocenters. The van der Waals surface area contributed by atoms with Gasteiger partial charge in [-0.15, -0.1) is 0 Å². The molecule has 0 bridgehead atoms. The molecule has 24 heavy (non-hydrogen) atoms. The van der Waals surface area contributed by atoms with E-state index in [4.69, 9.17) is 19.3 Å². The Bertz CT molecular complexity index is 367. The third-order valence-electron chi connectivity index (χ3n) is 2.84. The van der Waals surface area contributed by atoms with E-state index in [0.717, 1.165) is 0 Å². The van der Waals surface area contributed by atoms with E-state index in [0.29, 0.717) is 26.1 Å². The number of carbonyl (C=O) groups excluding carboxylic acids is 1. The second-order valence-electron chi connectivity index (χ2n) is 7.52. The summed E-state index contributed by atoms with van der Waals surface area (Å²) in [5, 5.41) is 8.41. The lowest BCUT2D eigenvalue weighted by atomic mass is 10.0. The fourth-order valence-corrected chi connectivity index (χ4v) is 1.71. The first-order valence-corrected chi connectivity index (χ1v) is 8.08. The molecule has 0 saturated heterocycles. The summed E-state index contributed by atoms with van der Waals surface area (Å²) in [6, 6.07) is 0. The molecule has 0 aliphatic carbocycles. The second kappa shape index (κ2) is 10.4. The Morgan fingerprint density at radius 3 is 1.75 bits per heavy atom. The topological polar surface area (TPSA) is 106 Å². The summed E-state index contributed by atoms with van der Waals surface area (Å²) in [4.78, 5) is 21.7. The Morgan fingerprint density at radius 2 is 1.38 bits per heavy atom.